The van der Waals surface area contributed by atoms with E-state index in [1.807, 2.05) is 72.8 Å². The topological polar surface area (TPSA) is 37.1 Å². The Bertz CT molecular complexity index is 632. The average molecular weight is 258 g/mol. The third-order valence-corrected chi connectivity index (χ3v) is 2.91. The van der Waals surface area contributed by atoms with Crippen LogP contribution in [-0.2, 0) is 0 Å². The zero-order valence-corrected chi connectivity index (χ0v) is 10.8. The third-order valence-electron chi connectivity index (χ3n) is 2.91. The Morgan fingerprint density at radius 2 is 1.20 bits per heavy atom. The van der Waals surface area contributed by atoms with Crippen molar-refractivity contribution in [1.82, 2.24) is 0 Å². The first-order valence-corrected chi connectivity index (χ1v) is 6.33. The lowest BCUT2D eigenvalue weighted by molar-refractivity contribution is 1.29. The van der Waals surface area contributed by atoms with Crippen LogP contribution in [0, 0.1) is 0 Å². The number of azo groups is 1. The molecule has 2 aromatic rings. The predicted octanol–water partition coefficient (Wildman–Crippen LogP) is 4.44. The van der Waals surface area contributed by atoms with Crippen molar-refractivity contribution in [3.63, 3.8) is 0 Å². The van der Waals surface area contributed by atoms with Gasteiger partial charge in [0, 0.05) is 11.1 Å². The molecule has 0 atom stereocenters. The quantitative estimate of drug-likeness (QED) is 0.763. The van der Waals surface area contributed by atoms with Gasteiger partial charge < -0.3 is 0 Å². The highest BCUT2D eigenvalue weighted by Crippen LogP contribution is 2.21. The van der Waals surface area contributed by atoms with E-state index in [-0.39, 0.29) is 0 Å². The largest absolute Gasteiger partial charge is 0.224 e. The Hall–Kier alpha value is -2.81. The van der Waals surface area contributed by atoms with Gasteiger partial charge in [0.05, 0.1) is 11.4 Å². The van der Waals surface area contributed by atoms with E-state index in [0.717, 1.165) is 22.5 Å². The lowest BCUT2D eigenvalue weighted by Gasteiger charge is -2.03. The fraction of sp³-hybridized carbons (Fsp3) is 0. The third kappa shape index (κ3) is 2.78. The molecule has 0 spiro atoms. The number of nitrogens with zero attached hydrogens (tertiary/aromatic N) is 3. The Morgan fingerprint density at radius 3 is 1.85 bits per heavy atom. The Kier molecular flexibility index (Phi) is 3.60. The number of aliphatic imine (C=N–C) groups is 1. The Morgan fingerprint density at radius 1 is 0.650 bits per heavy atom. The summed E-state index contributed by atoms with van der Waals surface area (Å²) in [5, 5.41) is 7.98. The summed E-state index contributed by atoms with van der Waals surface area (Å²) in [6, 6.07) is 19.9. The molecule has 3 rings (SSSR count). The fourth-order valence-electron chi connectivity index (χ4n) is 1.91. The molecule has 0 saturated carbocycles. The van der Waals surface area contributed by atoms with E-state index in [4.69, 9.17) is 0 Å². The average Bonchev–Trinajstić information content (AvgIpc) is 2.49. The first-order valence-electron chi connectivity index (χ1n) is 6.33. The standard InChI is InChI=1S/C17H12N3/c1-3-7-14(8-4-1)16-11-12-17(20-19-13-18-16)15-9-5-2-6-10-15/h1-12H/b12-11?,16-11-,17-12-,18-13?,18-16?,19-13?,20-17?,20-19-. The molecular weight excluding hydrogens is 246 g/mol. The highest BCUT2D eigenvalue weighted by atomic mass is 15.1. The molecule has 0 aliphatic carbocycles. The molecule has 1 aliphatic heterocycles. The van der Waals surface area contributed by atoms with E-state index >= 15 is 0 Å². The monoisotopic (exact) mass is 258 g/mol. The van der Waals surface area contributed by atoms with Crippen molar-refractivity contribution in [3.8, 4) is 0 Å². The molecule has 0 saturated heterocycles. The number of allylic oxidation sites excluding steroid dienone is 2. The van der Waals surface area contributed by atoms with Gasteiger partial charge in [-0.05, 0) is 12.2 Å². The second-order valence-corrected chi connectivity index (χ2v) is 4.25. The summed E-state index contributed by atoms with van der Waals surface area (Å²) < 4.78 is 0. The van der Waals surface area contributed by atoms with Crippen molar-refractivity contribution in [2.45, 2.75) is 0 Å². The molecule has 2 aromatic carbocycles. The fourth-order valence-corrected chi connectivity index (χ4v) is 1.91. The van der Waals surface area contributed by atoms with Crippen LogP contribution in [0.4, 0.5) is 0 Å². The maximum absolute atomic E-state index is 4.19. The van der Waals surface area contributed by atoms with Crippen LogP contribution < -0.4 is 0 Å². The second kappa shape index (κ2) is 5.89. The van der Waals surface area contributed by atoms with Gasteiger partial charge in [0.15, 0.2) is 0 Å². The maximum atomic E-state index is 4.19. The van der Waals surface area contributed by atoms with E-state index in [9.17, 15) is 0 Å². The molecule has 3 heteroatoms. The van der Waals surface area contributed by atoms with Crippen LogP contribution in [-0.4, -0.2) is 6.34 Å². The van der Waals surface area contributed by atoms with Crippen LogP contribution in [0.3, 0.4) is 0 Å². The van der Waals surface area contributed by atoms with Gasteiger partial charge in [-0.25, -0.2) is 4.99 Å². The van der Waals surface area contributed by atoms with Crippen molar-refractivity contribution in [2.75, 3.05) is 0 Å². The minimum Gasteiger partial charge on any atom is -0.224 e. The van der Waals surface area contributed by atoms with Gasteiger partial charge in [0.1, 0.15) is 0 Å². The van der Waals surface area contributed by atoms with E-state index in [0.29, 0.717) is 0 Å². The molecule has 95 valence electrons. The number of benzene rings is 2. The summed E-state index contributed by atoms with van der Waals surface area (Å²) in [4.78, 5) is 4.19. The van der Waals surface area contributed by atoms with E-state index in [2.05, 4.69) is 21.6 Å². The van der Waals surface area contributed by atoms with Gasteiger partial charge in [-0.1, -0.05) is 60.7 Å². The van der Waals surface area contributed by atoms with Crippen molar-refractivity contribution in [2.24, 2.45) is 15.2 Å². The van der Waals surface area contributed by atoms with E-state index in [1.165, 1.54) is 0 Å². The van der Waals surface area contributed by atoms with Crippen LogP contribution in [0.5, 0.6) is 0 Å². The summed E-state index contributed by atoms with van der Waals surface area (Å²) in [6.45, 7) is 0. The van der Waals surface area contributed by atoms with Gasteiger partial charge in [-0.15, -0.1) is 10.2 Å². The molecule has 20 heavy (non-hydrogen) atoms. The van der Waals surface area contributed by atoms with Crippen LogP contribution in [0.2, 0.25) is 0 Å². The van der Waals surface area contributed by atoms with Crippen LogP contribution in [0.1, 0.15) is 11.1 Å². The number of hydrogen-bond acceptors (Lipinski definition) is 3. The minimum atomic E-state index is 0.793. The molecule has 0 fully saturated rings. The summed E-state index contributed by atoms with van der Waals surface area (Å²) in [7, 11) is 0. The molecule has 0 unspecified atom stereocenters. The normalized spacial score (nSPS) is 22.6. The molecule has 1 aliphatic rings. The van der Waals surface area contributed by atoms with Crippen molar-refractivity contribution < 1.29 is 0 Å². The first-order chi connectivity index (χ1) is 9.93. The zero-order chi connectivity index (χ0) is 13.6. The molecule has 0 amide bonds. The van der Waals surface area contributed by atoms with Gasteiger partial charge in [-0.2, -0.15) is 0 Å². The van der Waals surface area contributed by atoms with Crippen LogP contribution >= 0.6 is 0 Å². The van der Waals surface area contributed by atoms with Crippen molar-refractivity contribution in [1.29, 1.82) is 0 Å². The Labute approximate surface area is 117 Å². The highest BCUT2D eigenvalue weighted by molar-refractivity contribution is 5.78. The van der Waals surface area contributed by atoms with Gasteiger partial charge in [-0.3, -0.25) is 0 Å². The van der Waals surface area contributed by atoms with E-state index < -0.39 is 0 Å². The van der Waals surface area contributed by atoms with Crippen molar-refractivity contribution >= 4 is 17.7 Å². The van der Waals surface area contributed by atoms with E-state index in [1.54, 1.807) is 0 Å². The van der Waals surface area contributed by atoms with Crippen molar-refractivity contribution in [3.05, 3.63) is 83.9 Å². The molecule has 0 aromatic heterocycles. The molecule has 1 radical (unpaired) electrons. The lowest BCUT2D eigenvalue weighted by Crippen LogP contribution is -1.85. The molecule has 0 bridgehead atoms. The van der Waals surface area contributed by atoms with Crippen LogP contribution in [0.25, 0.3) is 11.4 Å². The molecule has 0 N–H and O–H groups in total. The number of rotatable bonds is 2. The highest BCUT2D eigenvalue weighted by Gasteiger charge is 2.02. The van der Waals surface area contributed by atoms with Gasteiger partial charge in [0.25, 0.3) is 0 Å². The molecule has 1 heterocycles. The SMILES string of the molecule is [C]1=N\C(c2ccccc2)=C/C=C(c2ccccc2)\N=N/1. The summed E-state index contributed by atoms with van der Waals surface area (Å²) in [5.41, 5.74) is 3.66. The van der Waals surface area contributed by atoms with Gasteiger partial charge >= 0.3 is 0 Å². The summed E-state index contributed by atoms with van der Waals surface area (Å²) in [5.74, 6) is 0. The zero-order valence-electron chi connectivity index (χ0n) is 10.8. The second-order valence-electron chi connectivity index (χ2n) is 4.25. The maximum Gasteiger partial charge on any atom is 0.222 e. The Balaban J connectivity index is 1.99. The minimum absolute atomic E-state index is 0.793. The number of hydrogen-bond donors (Lipinski definition) is 0. The summed E-state index contributed by atoms with van der Waals surface area (Å²) >= 11 is 0. The first kappa shape index (κ1) is 12.2. The van der Waals surface area contributed by atoms with Crippen LogP contribution in [0.15, 0.2) is 88.0 Å². The molecule has 3 nitrogen and oxygen atoms in total. The molecular formula is C17H12N3. The van der Waals surface area contributed by atoms with Gasteiger partial charge in [0.2, 0.25) is 6.34 Å². The lowest BCUT2D eigenvalue weighted by atomic mass is 10.1. The predicted molar refractivity (Wildman–Crippen MR) is 81.1 cm³/mol. The summed E-state index contributed by atoms with van der Waals surface area (Å²) in [6.07, 6.45) is 6.47. The smallest absolute Gasteiger partial charge is 0.222 e.